The summed E-state index contributed by atoms with van der Waals surface area (Å²) in [5.74, 6) is 1.86. The van der Waals surface area contributed by atoms with E-state index in [0.717, 1.165) is 35.4 Å². The van der Waals surface area contributed by atoms with Gasteiger partial charge in [-0.2, -0.15) is 0 Å². The van der Waals surface area contributed by atoms with E-state index in [1.54, 1.807) is 7.11 Å². The van der Waals surface area contributed by atoms with Crippen LogP contribution in [0.15, 0.2) is 28.7 Å². The molecule has 0 N–H and O–H groups in total. The van der Waals surface area contributed by atoms with E-state index in [1.165, 1.54) is 0 Å². The molecule has 3 heteroatoms. The van der Waals surface area contributed by atoms with Crippen LogP contribution < -0.4 is 4.74 Å². The van der Waals surface area contributed by atoms with Crippen LogP contribution in [0.2, 0.25) is 0 Å². The summed E-state index contributed by atoms with van der Waals surface area (Å²) in [6.07, 6.45) is 0.935. The van der Waals surface area contributed by atoms with Crippen LogP contribution in [0.25, 0.3) is 11.0 Å². The first-order valence-corrected chi connectivity index (χ1v) is 5.40. The molecule has 1 aromatic heterocycles. The van der Waals surface area contributed by atoms with Crippen molar-refractivity contribution in [3.8, 4) is 5.75 Å². The average molecular weight is 219 g/mol. The van der Waals surface area contributed by atoms with Crippen molar-refractivity contribution in [2.75, 3.05) is 27.7 Å². The second kappa shape index (κ2) is 4.58. The van der Waals surface area contributed by atoms with Gasteiger partial charge in [-0.15, -0.1) is 0 Å². The fourth-order valence-electron chi connectivity index (χ4n) is 1.65. The summed E-state index contributed by atoms with van der Waals surface area (Å²) in [5.41, 5.74) is 0.896. The summed E-state index contributed by atoms with van der Waals surface area (Å²) in [7, 11) is 5.79. The molecule has 0 amide bonds. The third kappa shape index (κ3) is 2.36. The summed E-state index contributed by atoms with van der Waals surface area (Å²) in [5, 5.41) is 1.13. The van der Waals surface area contributed by atoms with Crippen molar-refractivity contribution in [1.82, 2.24) is 4.90 Å². The standard InChI is InChI=1S/C13H17NO2/c1-14(2)7-6-12-8-10-4-5-11(15-3)9-13(10)16-12/h4-5,8-9H,6-7H2,1-3H3. The van der Waals surface area contributed by atoms with Gasteiger partial charge in [-0.1, -0.05) is 0 Å². The molecule has 1 aromatic carbocycles. The Labute approximate surface area is 95.6 Å². The second-order valence-electron chi connectivity index (χ2n) is 4.17. The van der Waals surface area contributed by atoms with Crippen molar-refractivity contribution in [3.05, 3.63) is 30.0 Å². The Morgan fingerprint density at radius 3 is 2.75 bits per heavy atom. The minimum absolute atomic E-state index is 0.834. The van der Waals surface area contributed by atoms with Gasteiger partial charge in [0, 0.05) is 24.4 Å². The zero-order chi connectivity index (χ0) is 11.5. The lowest BCUT2D eigenvalue weighted by Gasteiger charge is -2.06. The lowest BCUT2D eigenvalue weighted by molar-refractivity contribution is 0.394. The Kier molecular flexibility index (Phi) is 3.15. The van der Waals surface area contributed by atoms with E-state index in [4.69, 9.17) is 9.15 Å². The maximum Gasteiger partial charge on any atom is 0.137 e. The molecule has 0 saturated heterocycles. The van der Waals surface area contributed by atoms with Crippen molar-refractivity contribution in [2.24, 2.45) is 0 Å². The van der Waals surface area contributed by atoms with Crippen LogP contribution in [-0.4, -0.2) is 32.6 Å². The number of rotatable bonds is 4. The second-order valence-corrected chi connectivity index (χ2v) is 4.17. The van der Waals surface area contributed by atoms with Crippen molar-refractivity contribution in [2.45, 2.75) is 6.42 Å². The largest absolute Gasteiger partial charge is 0.497 e. The number of fused-ring (bicyclic) bond motifs is 1. The number of furan rings is 1. The highest BCUT2D eigenvalue weighted by molar-refractivity contribution is 5.79. The highest BCUT2D eigenvalue weighted by Gasteiger charge is 2.05. The molecule has 2 rings (SSSR count). The summed E-state index contributed by atoms with van der Waals surface area (Å²) < 4.78 is 10.9. The summed E-state index contributed by atoms with van der Waals surface area (Å²) >= 11 is 0. The fourth-order valence-corrected chi connectivity index (χ4v) is 1.65. The molecule has 0 aliphatic rings. The molecule has 1 heterocycles. The lowest BCUT2D eigenvalue weighted by atomic mass is 10.2. The van der Waals surface area contributed by atoms with Gasteiger partial charge >= 0.3 is 0 Å². The van der Waals surface area contributed by atoms with Crippen LogP contribution in [0.3, 0.4) is 0 Å². The van der Waals surface area contributed by atoms with E-state index in [2.05, 4.69) is 25.1 Å². The highest BCUT2D eigenvalue weighted by Crippen LogP contribution is 2.24. The van der Waals surface area contributed by atoms with Gasteiger partial charge in [0.1, 0.15) is 17.1 Å². The summed E-state index contributed by atoms with van der Waals surface area (Å²) in [6, 6.07) is 8.00. The van der Waals surface area contributed by atoms with E-state index in [9.17, 15) is 0 Å². The number of nitrogens with zero attached hydrogens (tertiary/aromatic N) is 1. The minimum atomic E-state index is 0.834. The van der Waals surface area contributed by atoms with Gasteiger partial charge in [0.25, 0.3) is 0 Å². The number of ether oxygens (including phenoxy) is 1. The van der Waals surface area contributed by atoms with Gasteiger partial charge in [-0.3, -0.25) is 0 Å². The van der Waals surface area contributed by atoms with Gasteiger partial charge in [-0.25, -0.2) is 0 Å². The first kappa shape index (κ1) is 11.0. The van der Waals surface area contributed by atoms with E-state index < -0.39 is 0 Å². The Morgan fingerprint density at radius 1 is 1.25 bits per heavy atom. The van der Waals surface area contributed by atoms with Gasteiger partial charge in [0.05, 0.1) is 7.11 Å². The molecule has 3 nitrogen and oxygen atoms in total. The van der Waals surface area contributed by atoms with Crippen molar-refractivity contribution in [3.63, 3.8) is 0 Å². The first-order valence-electron chi connectivity index (χ1n) is 5.40. The van der Waals surface area contributed by atoms with Crippen LogP contribution in [0.5, 0.6) is 5.75 Å². The third-order valence-electron chi connectivity index (χ3n) is 2.58. The Balaban J connectivity index is 2.22. The quantitative estimate of drug-likeness (QED) is 0.790. The molecule has 0 bridgehead atoms. The molecule has 0 saturated carbocycles. The molecule has 0 aliphatic heterocycles. The zero-order valence-electron chi connectivity index (χ0n) is 9.99. The molecule has 86 valence electrons. The van der Waals surface area contributed by atoms with Crippen LogP contribution >= 0.6 is 0 Å². The number of benzene rings is 1. The zero-order valence-corrected chi connectivity index (χ0v) is 9.99. The first-order chi connectivity index (χ1) is 7.69. The number of hydrogen-bond donors (Lipinski definition) is 0. The van der Waals surface area contributed by atoms with Crippen LogP contribution in [-0.2, 0) is 6.42 Å². The Bertz CT molecular complexity index is 474. The maximum absolute atomic E-state index is 5.75. The fraction of sp³-hybridized carbons (Fsp3) is 0.385. The number of hydrogen-bond acceptors (Lipinski definition) is 3. The molecule has 0 radical (unpaired) electrons. The Hall–Kier alpha value is -1.48. The number of methoxy groups -OCH3 is 1. The van der Waals surface area contributed by atoms with Crippen LogP contribution in [0.1, 0.15) is 5.76 Å². The normalized spacial score (nSPS) is 11.2. The van der Waals surface area contributed by atoms with E-state index >= 15 is 0 Å². The van der Waals surface area contributed by atoms with E-state index in [0.29, 0.717) is 0 Å². The molecular weight excluding hydrogens is 202 g/mol. The predicted molar refractivity (Wildman–Crippen MR) is 65.0 cm³/mol. The Morgan fingerprint density at radius 2 is 2.06 bits per heavy atom. The molecule has 0 spiro atoms. The lowest BCUT2D eigenvalue weighted by Crippen LogP contribution is -2.14. The third-order valence-corrected chi connectivity index (χ3v) is 2.58. The summed E-state index contributed by atoms with van der Waals surface area (Å²) in [4.78, 5) is 2.15. The topological polar surface area (TPSA) is 25.6 Å². The van der Waals surface area contributed by atoms with Gasteiger partial charge in [-0.05, 0) is 32.3 Å². The van der Waals surface area contributed by atoms with Crippen molar-refractivity contribution in [1.29, 1.82) is 0 Å². The van der Waals surface area contributed by atoms with Gasteiger partial charge in [0.2, 0.25) is 0 Å². The predicted octanol–water partition coefficient (Wildman–Crippen LogP) is 2.55. The minimum Gasteiger partial charge on any atom is -0.497 e. The van der Waals surface area contributed by atoms with Crippen molar-refractivity contribution >= 4 is 11.0 Å². The SMILES string of the molecule is COc1ccc2cc(CCN(C)C)oc2c1. The average Bonchev–Trinajstić information content (AvgIpc) is 2.67. The maximum atomic E-state index is 5.75. The molecule has 0 unspecified atom stereocenters. The molecule has 0 aliphatic carbocycles. The number of likely N-dealkylation sites (N-methyl/N-ethyl adjacent to an activating group) is 1. The van der Waals surface area contributed by atoms with E-state index in [-0.39, 0.29) is 0 Å². The highest BCUT2D eigenvalue weighted by atomic mass is 16.5. The molecule has 0 fully saturated rings. The molecule has 2 aromatic rings. The van der Waals surface area contributed by atoms with Gasteiger partial charge < -0.3 is 14.1 Å². The van der Waals surface area contributed by atoms with Crippen molar-refractivity contribution < 1.29 is 9.15 Å². The summed E-state index contributed by atoms with van der Waals surface area (Å²) in [6.45, 7) is 0.997. The molecule has 16 heavy (non-hydrogen) atoms. The monoisotopic (exact) mass is 219 g/mol. The smallest absolute Gasteiger partial charge is 0.137 e. The molecule has 0 atom stereocenters. The van der Waals surface area contributed by atoms with E-state index in [1.807, 2.05) is 18.2 Å². The van der Waals surface area contributed by atoms with Crippen LogP contribution in [0, 0.1) is 0 Å². The van der Waals surface area contributed by atoms with Gasteiger partial charge in [0.15, 0.2) is 0 Å². The molecular formula is C13H17NO2. The van der Waals surface area contributed by atoms with Crippen LogP contribution in [0.4, 0.5) is 0 Å².